The van der Waals surface area contributed by atoms with Crippen molar-refractivity contribution in [2.45, 2.75) is 37.3 Å². The molecule has 0 N–H and O–H groups in total. The number of ether oxygens (including phenoxy) is 4. The maximum atomic E-state index is 16.4. The number of fused-ring (bicyclic) bond motifs is 8. The molecule has 16 nitrogen and oxygen atoms in total. The van der Waals surface area contributed by atoms with E-state index in [9.17, 15) is 39.4 Å². The number of hydrogen-bond acceptors (Lipinski definition) is 19. The van der Waals surface area contributed by atoms with E-state index in [1.165, 1.54) is 12.1 Å². The van der Waals surface area contributed by atoms with Gasteiger partial charge in [0.05, 0.1) is 4.70 Å². The van der Waals surface area contributed by atoms with Crippen LogP contribution in [0.15, 0.2) is 179 Å². The van der Waals surface area contributed by atoms with Crippen molar-refractivity contribution in [3.8, 4) is 24.3 Å². The summed E-state index contributed by atoms with van der Waals surface area (Å²) in [6.45, 7) is -1.97. The maximum Gasteiger partial charge on any atom is 0.333 e. The minimum Gasteiger partial charge on any atom is -0.459 e. The number of ketones is 2. The van der Waals surface area contributed by atoms with Gasteiger partial charge in [0.25, 0.3) is 0 Å². The Kier molecular flexibility index (Phi) is 15.4. The molecule has 93 heavy (non-hydrogen) atoms. The van der Waals surface area contributed by atoms with Crippen LogP contribution in [0, 0.1) is 68.6 Å². The second-order valence-corrected chi connectivity index (χ2v) is 24.2. The van der Waals surface area contributed by atoms with E-state index in [2.05, 4.69) is 9.98 Å². The average Bonchev–Trinajstić information content (AvgIpc) is 1.48. The third kappa shape index (κ3) is 9.74. The number of carbonyl (C=O) groups is 6. The molecule has 23 heteroatoms. The number of esters is 4. The zero-order valence-electron chi connectivity index (χ0n) is 47.3. The van der Waals surface area contributed by atoms with Crippen LogP contribution in [-0.4, -0.2) is 46.9 Å². The first-order chi connectivity index (χ1) is 45.1. The molecule has 0 bridgehead atoms. The van der Waals surface area contributed by atoms with E-state index < -0.39 is 141 Å². The summed E-state index contributed by atoms with van der Waals surface area (Å²) in [7, 11) is 0. The highest BCUT2D eigenvalue weighted by Gasteiger charge is 2.72. The molecule has 0 saturated heterocycles. The topological polar surface area (TPSA) is 259 Å². The molecule has 0 radical (unpaired) electrons. The fraction of sp³-hybridized carbons (Fsp3) is 0.0857. The van der Waals surface area contributed by atoms with Gasteiger partial charge in [-0.3, -0.25) is 28.8 Å². The molecule has 0 atom stereocenters. The highest BCUT2D eigenvalue weighted by atomic mass is 32.1. The lowest BCUT2D eigenvalue weighted by Crippen LogP contribution is -2.45. The van der Waals surface area contributed by atoms with Crippen LogP contribution in [0.1, 0.15) is 75.0 Å². The highest BCUT2D eigenvalue weighted by Crippen LogP contribution is 2.70. The summed E-state index contributed by atoms with van der Waals surface area (Å²) in [5, 5.41) is 40.4. The van der Waals surface area contributed by atoms with E-state index in [0.717, 1.165) is 22.7 Å². The van der Waals surface area contributed by atoms with E-state index in [0.29, 0.717) is 57.9 Å². The Hall–Kier alpha value is -11.9. The monoisotopic (exact) mass is 1290 g/mol. The molecular formula is C70H34F4N6O10S3. The SMILES string of the molecule is N#CC(C#N)=C1C(=Nc2cc3c(s2)C2=C(c4sc5cc(N=C6C(=O)c7cc(F)c(F)cc7C6=C(C#N)C#N)sc5c4C2(C(=O)OCc2ccccc2)C(=O)OCc2ccccc2)C3(C(=O)OCc2ccccc2)C(=O)OCc2ccccc2)C(=O)c2cc(F)c(F)cc21. The Morgan fingerprint density at radius 2 is 0.774 bits per heavy atom. The number of nitrogens with zero attached hydrogens (tertiary/aromatic N) is 6. The van der Waals surface area contributed by atoms with Gasteiger partial charge in [-0.2, -0.15) is 21.0 Å². The lowest BCUT2D eigenvalue weighted by atomic mass is 9.76. The molecule has 450 valence electrons. The summed E-state index contributed by atoms with van der Waals surface area (Å²) < 4.78 is 85.2. The Balaban J connectivity index is 1.11. The van der Waals surface area contributed by atoms with Crippen molar-refractivity contribution in [2.24, 2.45) is 9.98 Å². The fourth-order valence-corrected chi connectivity index (χ4v) is 15.6. The molecule has 0 spiro atoms. The van der Waals surface area contributed by atoms with Crippen LogP contribution in [0.2, 0.25) is 0 Å². The minimum absolute atomic E-state index is 0.0373. The molecular weight excluding hydrogens is 1260 g/mol. The number of benzene rings is 6. The molecule has 6 aromatic carbocycles. The van der Waals surface area contributed by atoms with E-state index in [-0.39, 0.29) is 62.6 Å². The van der Waals surface area contributed by atoms with Gasteiger partial charge in [0.1, 0.15) is 83.3 Å². The molecule has 0 aliphatic heterocycles. The number of allylic oxidation sites excluding steroid dienone is 4. The molecule has 0 saturated carbocycles. The molecule has 9 aromatic rings. The van der Waals surface area contributed by atoms with Gasteiger partial charge in [-0.05, 0) is 58.7 Å². The molecule has 0 unspecified atom stereocenters. The van der Waals surface area contributed by atoms with Crippen molar-refractivity contribution in [1.29, 1.82) is 21.0 Å². The van der Waals surface area contributed by atoms with Gasteiger partial charge >= 0.3 is 23.9 Å². The van der Waals surface area contributed by atoms with Gasteiger partial charge in [0.2, 0.25) is 22.4 Å². The van der Waals surface area contributed by atoms with E-state index in [4.69, 9.17) is 18.9 Å². The quantitative estimate of drug-likeness (QED) is 0.0322. The van der Waals surface area contributed by atoms with Crippen molar-refractivity contribution < 1.29 is 65.3 Å². The maximum absolute atomic E-state index is 16.4. The number of thiophene rings is 3. The molecule has 13 rings (SSSR count). The van der Waals surface area contributed by atoms with E-state index in [1.54, 1.807) is 146 Å². The van der Waals surface area contributed by atoms with Crippen LogP contribution in [0.25, 0.3) is 31.7 Å². The smallest absolute Gasteiger partial charge is 0.333 e. The van der Waals surface area contributed by atoms with Crippen molar-refractivity contribution in [2.75, 3.05) is 0 Å². The number of carbonyl (C=O) groups excluding carboxylic acids is 6. The molecule has 3 aromatic heterocycles. The summed E-state index contributed by atoms with van der Waals surface area (Å²) >= 11 is 2.21. The summed E-state index contributed by atoms with van der Waals surface area (Å²) in [6, 6.07) is 45.2. The number of hydrogen-bond donors (Lipinski definition) is 0. The first-order valence-electron chi connectivity index (χ1n) is 27.7. The molecule has 4 aliphatic rings. The molecule has 0 fully saturated rings. The third-order valence-corrected chi connectivity index (χ3v) is 19.2. The Morgan fingerprint density at radius 1 is 0.430 bits per heavy atom. The molecule has 4 aliphatic carbocycles. The van der Waals surface area contributed by atoms with Crippen LogP contribution in [0.4, 0.5) is 27.6 Å². The first kappa shape index (κ1) is 60.1. The fourth-order valence-electron chi connectivity index (χ4n) is 11.7. The lowest BCUT2D eigenvalue weighted by molar-refractivity contribution is -0.165. The normalized spacial score (nSPS) is 15.1. The van der Waals surface area contributed by atoms with Crippen LogP contribution in [-0.2, 0) is 75.4 Å². The van der Waals surface area contributed by atoms with Gasteiger partial charge in [-0.15, -0.1) is 34.0 Å². The summed E-state index contributed by atoms with van der Waals surface area (Å²) in [5.74, 6) is -13.0. The second kappa shape index (κ2) is 23.8. The third-order valence-electron chi connectivity index (χ3n) is 15.8. The van der Waals surface area contributed by atoms with Gasteiger partial charge in [0.15, 0.2) is 23.3 Å². The number of nitriles is 4. The number of rotatable bonds is 14. The standard InChI is InChI=1S/C70H34F4N6O10S3/c71-46-21-41-43(23-48(46)73)60(81)58(53(41)39(27-75)28-76)79-51-25-45-62(92-51)55-56(69(45,65(83)87-31-35-13-5-1-6-14-35)66(84)88-32-36-15-7-2-8-16-36)64-57(70(55,67(85)89-33-37-17-9-3-10-18-37)68(86)90-34-38-19-11-4-12-20-38)63-50(91-64)26-52(93-63)80-59-54(40(29-77)30-78)42-22-47(72)49(74)24-44(42)61(59)82/h1-26H,31-34H2. The molecule has 3 heterocycles. The number of Topliss-reactive ketones (excluding diaryl/α,β-unsaturated/α-hetero) is 2. The minimum atomic E-state index is -2.95. The highest BCUT2D eigenvalue weighted by molar-refractivity contribution is 7.31. The average molecular weight is 1290 g/mol. The van der Waals surface area contributed by atoms with Gasteiger partial charge in [-0.1, -0.05) is 121 Å². The van der Waals surface area contributed by atoms with Crippen LogP contribution in [0.3, 0.4) is 0 Å². The van der Waals surface area contributed by atoms with Gasteiger partial charge < -0.3 is 18.9 Å². The van der Waals surface area contributed by atoms with Gasteiger partial charge in [0, 0.05) is 70.1 Å². The summed E-state index contributed by atoms with van der Waals surface area (Å²) in [4.78, 5) is 103. The van der Waals surface area contributed by atoms with Crippen molar-refractivity contribution in [3.05, 3.63) is 258 Å². The van der Waals surface area contributed by atoms with Crippen molar-refractivity contribution >= 4 is 123 Å². The van der Waals surface area contributed by atoms with Crippen LogP contribution in [0.5, 0.6) is 0 Å². The number of halogens is 4. The first-order valence-corrected chi connectivity index (χ1v) is 30.2. The van der Waals surface area contributed by atoms with E-state index in [1.807, 2.05) is 0 Å². The zero-order chi connectivity index (χ0) is 65.0. The second-order valence-electron chi connectivity index (χ2n) is 21.1. The van der Waals surface area contributed by atoms with Crippen LogP contribution < -0.4 is 0 Å². The van der Waals surface area contributed by atoms with Crippen LogP contribution >= 0.6 is 34.0 Å². The largest absolute Gasteiger partial charge is 0.459 e. The predicted octanol–water partition coefficient (Wildman–Crippen LogP) is 13.5. The zero-order valence-corrected chi connectivity index (χ0v) is 49.8. The Morgan fingerprint density at radius 3 is 1.15 bits per heavy atom. The Labute approximate surface area is 535 Å². The van der Waals surface area contributed by atoms with Crippen molar-refractivity contribution in [1.82, 2.24) is 0 Å². The Bertz CT molecular complexity index is 5020. The summed E-state index contributed by atoms with van der Waals surface area (Å²) in [6.07, 6.45) is 0. The predicted molar refractivity (Wildman–Crippen MR) is 331 cm³/mol. The van der Waals surface area contributed by atoms with Crippen molar-refractivity contribution in [3.63, 3.8) is 0 Å². The lowest BCUT2D eigenvalue weighted by Gasteiger charge is -2.29. The number of aliphatic imine (C=N–C) groups is 2. The van der Waals surface area contributed by atoms with E-state index >= 15 is 28.0 Å². The molecule has 0 amide bonds. The van der Waals surface area contributed by atoms with Gasteiger partial charge in [-0.25, -0.2) is 27.5 Å². The summed E-state index contributed by atoms with van der Waals surface area (Å²) in [5.41, 5.74) is -10.5.